The van der Waals surface area contributed by atoms with Crippen LogP contribution in [-0.2, 0) is 19.1 Å². The molecule has 0 saturated carbocycles. The highest BCUT2D eigenvalue weighted by Gasteiger charge is 2.36. The topological polar surface area (TPSA) is 83.8 Å². The number of ether oxygens (including phenoxy) is 1. The SMILES string of the molecule is CCn1ncc2c1-c1cnc(N)c(c1)O[C@H](C)c1cc(F)ccc1-n1nc(C(F)(F)F)cc1C2. The van der Waals surface area contributed by atoms with Crippen LogP contribution in [-0.4, -0.2) is 24.5 Å². The van der Waals surface area contributed by atoms with E-state index in [2.05, 4.69) is 15.2 Å². The molecule has 0 saturated heterocycles. The fourth-order valence-electron chi connectivity index (χ4n) is 4.19. The molecule has 5 rings (SSSR count). The summed E-state index contributed by atoms with van der Waals surface area (Å²) in [6.07, 6.45) is -2.15. The van der Waals surface area contributed by atoms with E-state index < -0.39 is 23.8 Å². The van der Waals surface area contributed by atoms with Crippen LogP contribution in [0.1, 0.15) is 42.5 Å². The van der Waals surface area contributed by atoms with Crippen LogP contribution in [0.15, 0.2) is 42.7 Å². The normalized spacial score (nSPS) is 15.4. The summed E-state index contributed by atoms with van der Waals surface area (Å²) in [6, 6.07) is 6.50. The molecule has 1 atom stereocenters. The van der Waals surface area contributed by atoms with E-state index in [4.69, 9.17) is 10.5 Å². The van der Waals surface area contributed by atoms with Crippen molar-refractivity contribution in [2.75, 3.05) is 5.73 Å². The van der Waals surface area contributed by atoms with Crippen LogP contribution in [0.2, 0.25) is 0 Å². The number of fused-ring (bicyclic) bond motifs is 7. The first-order valence-electron chi connectivity index (χ1n) is 10.6. The van der Waals surface area contributed by atoms with Gasteiger partial charge in [0, 0.05) is 41.5 Å². The average Bonchev–Trinajstić information content (AvgIpc) is 3.39. The van der Waals surface area contributed by atoms with Gasteiger partial charge in [0.1, 0.15) is 11.9 Å². The summed E-state index contributed by atoms with van der Waals surface area (Å²) in [5, 5.41) is 8.25. The first kappa shape index (κ1) is 21.9. The molecule has 1 aliphatic rings. The van der Waals surface area contributed by atoms with Crippen LogP contribution in [0.25, 0.3) is 16.9 Å². The van der Waals surface area contributed by atoms with Crippen LogP contribution in [0.5, 0.6) is 5.75 Å². The molecular weight excluding hydrogens is 452 g/mol. The van der Waals surface area contributed by atoms with Crippen LogP contribution in [0.3, 0.4) is 0 Å². The Labute approximate surface area is 191 Å². The van der Waals surface area contributed by atoms with Gasteiger partial charge in [-0.05, 0) is 44.2 Å². The van der Waals surface area contributed by atoms with Crippen molar-refractivity contribution >= 4 is 5.82 Å². The summed E-state index contributed by atoms with van der Waals surface area (Å²) in [5.74, 6) is -0.154. The minimum absolute atomic E-state index is 0.101. The molecule has 1 aliphatic heterocycles. The van der Waals surface area contributed by atoms with Gasteiger partial charge in [-0.3, -0.25) is 4.68 Å². The summed E-state index contributed by atoms with van der Waals surface area (Å²) < 4.78 is 64.1. The zero-order valence-corrected chi connectivity index (χ0v) is 18.3. The largest absolute Gasteiger partial charge is 0.482 e. The standard InChI is InChI=1S/C23H20F4N6O/c1-3-32-21-13(11-30-32)6-16-9-20(23(25,26)27)31-33(16)18-5-4-15(24)8-17(18)12(2)34-19-7-14(21)10-29-22(19)28/h4-5,7-12H,3,6H2,1-2H3,(H2,28,29)/t12-/m1/s1. The van der Waals surface area contributed by atoms with Gasteiger partial charge >= 0.3 is 6.18 Å². The number of hydrogen-bond donors (Lipinski definition) is 1. The summed E-state index contributed by atoms with van der Waals surface area (Å²) >= 11 is 0. The van der Waals surface area contributed by atoms with Gasteiger partial charge in [-0.2, -0.15) is 23.4 Å². The van der Waals surface area contributed by atoms with Gasteiger partial charge in [-0.1, -0.05) is 0 Å². The third-order valence-corrected chi connectivity index (χ3v) is 5.77. The van der Waals surface area contributed by atoms with E-state index in [9.17, 15) is 17.6 Å². The van der Waals surface area contributed by atoms with E-state index in [-0.39, 0.29) is 29.4 Å². The highest BCUT2D eigenvalue weighted by molar-refractivity contribution is 5.68. The number of rotatable bonds is 1. The van der Waals surface area contributed by atoms with E-state index in [0.29, 0.717) is 28.9 Å². The molecular formula is C23H20F4N6O. The predicted molar refractivity (Wildman–Crippen MR) is 116 cm³/mol. The lowest BCUT2D eigenvalue weighted by atomic mass is 10.0. The molecule has 34 heavy (non-hydrogen) atoms. The van der Waals surface area contributed by atoms with Gasteiger partial charge in [0.2, 0.25) is 0 Å². The number of halogens is 4. The summed E-state index contributed by atoms with van der Waals surface area (Å²) in [4.78, 5) is 4.24. The number of nitrogen functional groups attached to an aromatic ring is 1. The highest BCUT2D eigenvalue weighted by atomic mass is 19.4. The molecule has 2 N–H and O–H groups in total. The van der Waals surface area contributed by atoms with Crippen molar-refractivity contribution in [1.82, 2.24) is 24.5 Å². The minimum Gasteiger partial charge on any atom is -0.482 e. The van der Waals surface area contributed by atoms with Gasteiger partial charge in [-0.25, -0.2) is 14.1 Å². The maximum Gasteiger partial charge on any atom is 0.435 e. The van der Waals surface area contributed by atoms with Crippen molar-refractivity contribution in [2.24, 2.45) is 0 Å². The summed E-state index contributed by atoms with van der Waals surface area (Å²) in [7, 11) is 0. The fraction of sp³-hybridized carbons (Fsp3) is 0.261. The number of aryl methyl sites for hydroxylation is 1. The smallest absolute Gasteiger partial charge is 0.435 e. The Hall–Kier alpha value is -3.89. The van der Waals surface area contributed by atoms with Crippen molar-refractivity contribution in [3.05, 3.63) is 71.1 Å². The molecule has 2 bridgehead atoms. The lowest BCUT2D eigenvalue weighted by Crippen LogP contribution is -2.14. The molecule has 0 radical (unpaired) electrons. The Balaban J connectivity index is 1.82. The van der Waals surface area contributed by atoms with Crippen LogP contribution >= 0.6 is 0 Å². The van der Waals surface area contributed by atoms with Gasteiger partial charge in [0.05, 0.1) is 17.6 Å². The van der Waals surface area contributed by atoms with Crippen molar-refractivity contribution in [1.29, 1.82) is 0 Å². The van der Waals surface area contributed by atoms with E-state index in [1.54, 1.807) is 30.1 Å². The number of hydrogen-bond acceptors (Lipinski definition) is 5. The van der Waals surface area contributed by atoms with Gasteiger partial charge in [0.25, 0.3) is 0 Å². The Morgan fingerprint density at radius 3 is 2.71 bits per heavy atom. The summed E-state index contributed by atoms with van der Waals surface area (Å²) in [6.45, 7) is 4.09. The lowest BCUT2D eigenvalue weighted by Gasteiger charge is -2.22. The Kier molecular flexibility index (Phi) is 5.07. The first-order chi connectivity index (χ1) is 16.2. The number of benzene rings is 1. The first-order valence-corrected chi connectivity index (χ1v) is 10.6. The number of aromatic nitrogens is 5. The molecule has 11 heteroatoms. The molecule has 0 spiro atoms. The predicted octanol–water partition coefficient (Wildman–Crippen LogP) is 4.94. The number of alkyl halides is 3. The Morgan fingerprint density at radius 2 is 1.97 bits per heavy atom. The molecule has 1 aromatic carbocycles. The van der Waals surface area contributed by atoms with E-state index in [0.717, 1.165) is 6.07 Å². The Morgan fingerprint density at radius 1 is 1.18 bits per heavy atom. The molecule has 0 fully saturated rings. The molecule has 0 aliphatic carbocycles. The van der Waals surface area contributed by atoms with E-state index in [1.807, 2.05) is 6.92 Å². The average molecular weight is 472 g/mol. The second-order valence-corrected chi connectivity index (χ2v) is 8.01. The third kappa shape index (κ3) is 3.66. The van der Waals surface area contributed by atoms with E-state index >= 15 is 0 Å². The van der Waals surface area contributed by atoms with Gasteiger partial charge in [-0.15, -0.1) is 0 Å². The monoisotopic (exact) mass is 472 g/mol. The minimum atomic E-state index is -4.66. The quantitative estimate of drug-likeness (QED) is 0.397. The fourth-order valence-corrected chi connectivity index (χ4v) is 4.19. The second kappa shape index (κ2) is 7.86. The maximum atomic E-state index is 14.2. The van der Waals surface area contributed by atoms with Crippen LogP contribution in [0, 0.1) is 5.82 Å². The third-order valence-electron chi connectivity index (χ3n) is 5.77. The molecule has 0 amide bonds. The van der Waals surface area contributed by atoms with Crippen molar-refractivity contribution in [2.45, 2.75) is 39.1 Å². The summed E-state index contributed by atoms with van der Waals surface area (Å²) in [5.41, 5.74) is 7.86. The van der Waals surface area contributed by atoms with Crippen molar-refractivity contribution in [3.8, 4) is 22.7 Å². The highest BCUT2D eigenvalue weighted by Crippen LogP contribution is 2.37. The second-order valence-electron chi connectivity index (χ2n) is 8.01. The molecule has 3 aromatic heterocycles. The van der Waals surface area contributed by atoms with Crippen molar-refractivity contribution < 1.29 is 22.3 Å². The van der Waals surface area contributed by atoms with Crippen LogP contribution < -0.4 is 10.5 Å². The molecule has 4 aromatic rings. The zero-order valence-electron chi connectivity index (χ0n) is 18.3. The van der Waals surface area contributed by atoms with Gasteiger partial charge in [0.15, 0.2) is 17.3 Å². The lowest BCUT2D eigenvalue weighted by molar-refractivity contribution is -0.141. The molecule has 176 valence electrons. The number of nitrogens with two attached hydrogens (primary N) is 1. The number of nitrogens with zero attached hydrogens (tertiary/aromatic N) is 5. The molecule has 4 heterocycles. The van der Waals surface area contributed by atoms with Gasteiger partial charge < -0.3 is 10.5 Å². The van der Waals surface area contributed by atoms with Crippen molar-refractivity contribution in [3.63, 3.8) is 0 Å². The zero-order chi connectivity index (χ0) is 24.2. The number of pyridine rings is 1. The van der Waals surface area contributed by atoms with Crippen LogP contribution in [0.4, 0.5) is 23.4 Å². The Bertz CT molecular complexity index is 1390. The molecule has 0 unspecified atom stereocenters. The van der Waals surface area contributed by atoms with E-state index in [1.165, 1.54) is 22.9 Å². The molecule has 7 nitrogen and oxygen atoms in total. The maximum absolute atomic E-state index is 14.2. The number of anilines is 1.